The summed E-state index contributed by atoms with van der Waals surface area (Å²) >= 11 is 0. The van der Waals surface area contributed by atoms with Crippen molar-refractivity contribution < 1.29 is 29.3 Å². The molecule has 2 aromatic carbocycles. The molecule has 0 unspecified atom stereocenters. The highest BCUT2D eigenvalue weighted by molar-refractivity contribution is 6.12. The second kappa shape index (κ2) is 6.24. The minimum absolute atomic E-state index is 0.00219. The Kier molecular flexibility index (Phi) is 3.85. The van der Waals surface area contributed by atoms with E-state index in [2.05, 4.69) is 0 Å². The van der Waals surface area contributed by atoms with E-state index in [4.69, 9.17) is 4.42 Å². The van der Waals surface area contributed by atoms with E-state index >= 15 is 0 Å². The van der Waals surface area contributed by atoms with Gasteiger partial charge in [-0.3, -0.25) is 4.79 Å². The number of benzene rings is 3. The predicted molar refractivity (Wildman–Crippen MR) is 100 cm³/mol. The number of carbonyl (C=O) groups is 2. The lowest BCUT2D eigenvalue weighted by Crippen LogP contribution is -2.08. The lowest BCUT2D eigenvalue weighted by Gasteiger charge is -2.18. The van der Waals surface area contributed by atoms with Crippen LogP contribution >= 0.6 is 0 Å². The molecule has 0 radical (unpaired) electrons. The molecule has 2 aliphatic rings. The molecule has 7 heteroatoms. The molecule has 4 rings (SSSR count). The van der Waals surface area contributed by atoms with Crippen LogP contribution in [0.4, 0.5) is 0 Å². The van der Waals surface area contributed by atoms with Gasteiger partial charge in [0, 0.05) is 34.2 Å². The number of carboxylic acid groups (broad SMARTS) is 2. The monoisotopic (exact) mass is 376 g/mol. The number of phenolic OH excluding ortho intramolecular Hbond substituents is 1. The van der Waals surface area contributed by atoms with E-state index in [0.717, 1.165) is 0 Å². The third kappa shape index (κ3) is 2.66. The highest BCUT2D eigenvalue weighted by Gasteiger charge is 2.26. The summed E-state index contributed by atoms with van der Waals surface area (Å²) in [6, 6.07) is 12.2. The maximum absolute atomic E-state index is 11.8. The molecule has 0 aromatic heterocycles. The Morgan fingerprint density at radius 2 is 1.50 bits per heavy atom. The van der Waals surface area contributed by atoms with E-state index < -0.39 is 11.9 Å². The standard InChI is InChI=1S/C21H12O7/c22-10-4-6-12-16(8-10)28-17-9-11(23)5-7-13(17)18(12)19-14(20(24)25)2-1-3-15(19)21(26)27/h1-9,22H,(H,24,25)(H,26,27). The van der Waals surface area contributed by atoms with Crippen molar-refractivity contribution in [2.45, 2.75) is 0 Å². The summed E-state index contributed by atoms with van der Waals surface area (Å²) in [5, 5.41) is 29.5. The molecule has 28 heavy (non-hydrogen) atoms. The van der Waals surface area contributed by atoms with E-state index in [1.54, 1.807) is 0 Å². The first kappa shape index (κ1) is 17.3. The predicted octanol–water partition coefficient (Wildman–Crippen LogP) is 3.67. The number of fused-ring (bicyclic) bond motifs is 2. The number of hydrogen-bond acceptors (Lipinski definition) is 5. The molecule has 0 atom stereocenters. The number of rotatable bonds is 3. The van der Waals surface area contributed by atoms with Gasteiger partial charge in [0.2, 0.25) is 0 Å². The summed E-state index contributed by atoms with van der Waals surface area (Å²) in [7, 11) is 0. The molecule has 0 spiro atoms. The molecule has 1 aliphatic heterocycles. The van der Waals surface area contributed by atoms with Crippen LogP contribution in [-0.2, 0) is 0 Å². The topological polar surface area (TPSA) is 125 Å². The van der Waals surface area contributed by atoms with Crippen molar-refractivity contribution in [3.63, 3.8) is 0 Å². The molecule has 0 bridgehead atoms. The SMILES string of the molecule is O=C(O)c1cccc(C(=O)O)c1-c1c2ccc(=O)cc-2oc2cc(O)ccc12. The number of phenols is 1. The molecular formula is C21H12O7. The first-order chi connectivity index (χ1) is 13.4. The third-order valence-corrected chi connectivity index (χ3v) is 4.45. The maximum atomic E-state index is 11.8. The van der Waals surface area contributed by atoms with Crippen LogP contribution < -0.4 is 5.43 Å². The van der Waals surface area contributed by atoms with E-state index in [1.165, 1.54) is 54.6 Å². The number of aromatic carboxylic acids is 2. The van der Waals surface area contributed by atoms with Crippen molar-refractivity contribution in [3.8, 4) is 28.2 Å². The Morgan fingerprint density at radius 1 is 0.821 bits per heavy atom. The van der Waals surface area contributed by atoms with Gasteiger partial charge in [-0.2, -0.15) is 0 Å². The Balaban J connectivity index is 2.28. The van der Waals surface area contributed by atoms with Gasteiger partial charge in [-0.05, 0) is 36.4 Å². The van der Waals surface area contributed by atoms with Gasteiger partial charge in [-0.1, -0.05) is 6.07 Å². The molecule has 1 heterocycles. The second-order valence-electron chi connectivity index (χ2n) is 6.15. The summed E-state index contributed by atoms with van der Waals surface area (Å²) in [4.78, 5) is 35.5. The van der Waals surface area contributed by atoms with Gasteiger partial charge in [0.25, 0.3) is 0 Å². The van der Waals surface area contributed by atoms with Crippen molar-refractivity contribution in [2.75, 3.05) is 0 Å². The van der Waals surface area contributed by atoms with Gasteiger partial charge < -0.3 is 19.7 Å². The average molecular weight is 376 g/mol. The zero-order valence-corrected chi connectivity index (χ0v) is 14.2. The summed E-state index contributed by atoms with van der Waals surface area (Å²) in [6.45, 7) is 0. The van der Waals surface area contributed by atoms with Gasteiger partial charge >= 0.3 is 11.9 Å². The van der Waals surface area contributed by atoms with Gasteiger partial charge in [-0.15, -0.1) is 0 Å². The van der Waals surface area contributed by atoms with Crippen molar-refractivity contribution in [1.82, 2.24) is 0 Å². The van der Waals surface area contributed by atoms with Crippen LogP contribution in [-0.4, -0.2) is 27.3 Å². The fourth-order valence-electron chi connectivity index (χ4n) is 3.31. The van der Waals surface area contributed by atoms with Crippen LogP contribution in [0.5, 0.6) is 5.75 Å². The zero-order valence-electron chi connectivity index (χ0n) is 14.2. The Morgan fingerprint density at radius 3 is 2.14 bits per heavy atom. The second-order valence-corrected chi connectivity index (χ2v) is 6.15. The molecule has 3 N–H and O–H groups in total. The lowest BCUT2D eigenvalue weighted by molar-refractivity contribution is 0.0696. The lowest BCUT2D eigenvalue weighted by atomic mass is 9.87. The van der Waals surface area contributed by atoms with Gasteiger partial charge in [0.05, 0.1) is 11.1 Å². The molecule has 1 aliphatic carbocycles. The number of aromatic hydroxyl groups is 1. The molecule has 0 fully saturated rings. The molecule has 138 valence electrons. The van der Waals surface area contributed by atoms with Gasteiger partial charge in [0.1, 0.15) is 17.1 Å². The third-order valence-electron chi connectivity index (χ3n) is 4.45. The normalized spacial score (nSPS) is 11.0. The Hall–Kier alpha value is -4.13. The summed E-state index contributed by atoms with van der Waals surface area (Å²) in [6.07, 6.45) is 0. The number of carboxylic acids is 2. The molecule has 0 saturated heterocycles. The zero-order chi connectivity index (χ0) is 20.0. The average Bonchev–Trinajstić information content (AvgIpc) is 2.65. The van der Waals surface area contributed by atoms with Crippen LogP contribution in [0.15, 0.2) is 63.8 Å². The summed E-state index contributed by atoms with van der Waals surface area (Å²) in [5.41, 5.74) is 0.135. The minimum Gasteiger partial charge on any atom is -0.508 e. The first-order valence-corrected chi connectivity index (χ1v) is 8.16. The summed E-state index contributed by atoms with van der Waals surface area (Å²) in [5.74, 6) is -2.53. The van der Waals surface area contributed by atoms with E-state index in [-0.39, 0.29) is 39.2 Å². The minimum atomic E-state index is -1.29. The van der Waals surface area contributed by atoms with Crippen LogP contribution in [0.2, 0.25) is 0 Å². The molecule has 7 nitrogen and oxygen atoms in total. The van der Waals surface area contributed by atoms with Crippen molar-refractivity contribution >= 4 is 22.9 Å². The quantitative estimate of drug-likeness (QED) is 0.466. The summed E-state index contributed by atoms with van der Waals surface area (Å²) < 4.78 is 5.72. The van der Waals surface area contributed by atoms with E-state index in [0.29, 0.717) is 16.5 Å². The van der Waals surface area contributed by atoms with Crippen molar-refractivity contribution in [1.29, 1.82) is 0 Å². The molecular weight excluding hydrogens is 364 g/mol. The van der Waals surface area contributed by atoms with Crippen molar-refractivity contribution in [3.05, 3.63) is 75.9 Å². The molecule has 0 saturated carbocycles. The Bertz CT molecular complexity index is 1270. The first-order valence-electron chi connectivity index (χ1n) is 8.16. The fourth-order valence-corrected chi connectivity index (χ4v) is 3.31. The largest absolute Gasteiger partial charge is 0.508 e. The van der Waals surface area contributed by atoms with Crippen molar-refractivity contribution in [2.24, 2.45) is 0 Å². The highest BCUT2D eigenvalue weighted by Crippen LogP contribution is 2.43. The van der Waals surface area contributed by atoms with Crippen LogP contribution in [0.1, 0.15) is 20.7 Å². The highest BCUT2D eigenvalue weighted by atomic mass is 16.4. The maximum Gasteiger partial charge on any atom is 0.336 e. The van der Waals surface area contributed by atoms with Crippen LogP contribution in [0.25, 0.3) is 33.4 Å². The van der Waals surface area contributed by atoms with Crippen LogP contribution in [0.3, 0.4) is 0 Å². The van der Waals surface area contributed by atoms with Gasteiger partial charge in [0.15, 0.2) is 5.43 Å². The van der Waals surface area contributed by atoms with Crippen LogP contribution in [0, 0.1) is 0 Å². The molecule has 0 amide bonds. The number of hydrogen-bond donors (Lipinski definition) is 3. The van der Waals surface area contributed by atoms with E-state index in [9.17, 15) is 29.7 Å². The van der Waals surface area contributed by atoms with E-state index in [1.807, 2.05) is 0 Å². The van der Waals surface area contributed by atoms with Gasteiger partial charge in [-0.25, -0.2) is 9.59 Å². The molecule has 2 aromatic rings. The fraction of sp³-hybridized carbons (Fsp3) is 0. The Labute approximate surface area is 157 Å². The smallest absolute Gasteiger partial charge is 0.336 e.